The largest absolute Gasteiger partial charge is 0.361 e. The van der Waals surface area contributed by atoms with E-state index < -0.39 is 0 Å². The number of likely N-dealkylation sites (tertiary alicyclic amines) is 1. The number of aryl methyl sites for hydroxylation is 1. The van der Waals surface area contributed by atoms with Gasteiger partial charge in [-0.3, -0.25) is 9.59 Å². The van der Waals surface area contributed by atoms with Gasteiger partial charge in [0.05, 0.1) is 0 Å². The topological polar surface area (TPSA) is 53.2 Å². The van der Waals surface area contributed by atoms with Crippen molar-refractivity contribution in [2.45, 2.75) is 32.1 Å². The molecule has 0 atom stereocenters. The molecule has 1 aromatic heterocycles. The van der Waals surface area contributed by atoms with E-state index in [2.05, 4.69) is 23.3 Å². The van der Waals surface area contributed by atoms with Gasteiger partial charge in [0.25, 0.3) is 0 Å². The van der Waals surface area contributed by atoms with Crippen LogP contribution in [-0.2, 0) is 11.2 Å². The zero-order chi connectivity index (χ0) is 19.3. The highest BCUT2D eigenvalue weighted by molar-refractivity contribution is 5.98. The average Bonchev–Trinajstić information content (AvgIpc) is 3.17. The van der Waals surface area contributed by atoms with Crippen molar-refractivity contribution in [3.63, 3.8) is 0 Å². The standard InChI is InChI=1S/C24H26N2O2/c27-23(12-6-9-20-17-25-22-11-5-4-10-21(20)22)26-15-13-19(14-16-26)24(28)18-7-2-1-3-8-18/h1-5,7-8,10-11,17,19,25H,6,9,12-16H2. The number of fused-ring (bicyclic) bond motifs is 1. The second kappa shape index (κ2) is 8.42. The summed E-state index contributed by atoms with van der Waals surface area (Å²) in [7, 11) is 0. The molecule has 0 spiro atoms. The smallest absolute Gasteiger partial charge is 0.222 e. The van der Waals surface area contributed by atoms with E-state index in [4.69, 9.17) is 0 Å². The third-order valence-corrected chi connectivity index (χ3v) is 5.79. The SMILES string of the molecule is O=C(c1ccccc1)C1CCN(C(=O)CCCc2c[nH]c3ccccc23)CC1. The number of carbonyl (C=O) groups excluding carboxylic acids is 2. The van der Waals surface area contributed by atoms with E-state index in [9.17, 15) is 9.59 Å². The molecule has 1 aliphatic rings. The van der Waals surface area contributed by atoms with Gasteiger partial charge in [-0.2, -0.15) is 0 Å². The second-order valence-corrected chi connectivity index (χ2v) is 7.60. The van der Waals surface area contributed by atoms with Crippen LogP contribution < -0.4 is 0 Å². The van der Waals surface area contributed by atoms with Gasteiger partial charge in [0, 0.05) is 48.1 Å². The Morgan fingerprint density at radius 1 is 0.964 bits per heavy atom. The monoisotopic (exact) mass is 374 g/mol. The van der Waals surface area contributed by atoms with Crippen LogP contribution in [0.15, 0.2) is 60.8 Å². The van der Waals surface area contributed by atoms with Crippen molar-refractivity contribution in [3.8, 4) is 0 Å². The van der Waals surface area contributed by atoms with Crippen LogP contribution in [0, 0.1) is 5.92 Å². The van der Waals surface area contributed by atoms with Gasteiger partial charge in [-0.15, -0.1) is 0 Å². The number of nitrogens with zero attached hydrogens (tertiary/aromatic N) is 1. The molecule has 1 amide bonds. The number of aromatic nitrogens is 1. The fourth-order valence-corrected chi connectivity index (χ4v) is 4.16. The van der Waals surface area contributed by atoms with E-state index in [-0.39, 0.29) is 17.6 Å². The van der Waals surface area contributed by atoms with Crippen molar-refractivity contribution in [3.05, 3.63) is 71.9 Å². The maximum Gasteiger partial charge on any atom is 0.222 e. The molecule has 144 valence electrons. The van der Waals surface area contributed by atoms with Gasteiger partial charge in [-0.25, -0.2) is 0 Å². The van der Waals surface area contributed by atoms with Crippen LogP contribution in [0.1, 0.15) is 41.6 Å². The highest BCUT2D eigenvalue weighted by atomic mass is 16.2. The Morgan fingerprint density at radius 2 is 1.68 bits per heavy atom. The van der Waals surface area contributed by atoms with Crippen LogP contribution in [0.2, 0.25) is 0 Å². The number of Topliss-reactive ketones (excluding diaryl/α,β-unsaturated/α-hetero) is 1. The molecule has 1 N–H and O–H groups in total. The van der Waals surface area contributed by atoms with Crippen LogP contribution in [0.5, 0.6) is 0 Å². The van der Waals surface area contributed by atoms with Gasteiger partial charge in [-0.1, -0.05) is 48.5 Å². The number of amides is 1. The molecule has 4 heteroatoms. The van der Waals surface area contributed by atoms with E-state index in [0.29, 0.717) is 19.5 Å². The molecule has 0 unspecified atom stereocenters. The summed E-state index contributed by atoms with van der Waals surface area (Å²) in [6, 6.07) is 17.8. The van der Waals surface area contributed by atoms with Crippen LogP contribution in [-0.4, -0.2) is 34.7 Å². The Bertz CT molecular complexity index is 953. The molecule has 0 saturated carbocycles. The van der Waals surface area contributed by atoms with Crippen molar-refractivity contribution in [1.82, 2.24) is 9.88 Å². The molecule has 3 aromatic rings. The first kappa shape index (κ1) is 18.5. The number of nitrogens with one attached hydrogen (secondary N) is 1. The maximum atomic E-state index is 12.6. The van der Waals surface area contributed by atoms with Gasteiger partial charge < -0.3 is 9.88 Å². The summed E-state index contributed by atoms with van der Waals surface area (Å²) in [5.74, 6) is 0.468. The Balaban J connectivity index is 1.25. The Hall–Kier alpha value is -2.88. The van der Waals surface area contributed by atoms with E-state index in [1.165, 1.54) is 10.9 Å². The summed E-state index contributed by atoms with van der Waals surface area (Å²) in [5.41, 5.74) is 3.20. The Morgan fingerprint density at radius 3 is 2.46 bits per heavy atom. The number of H-pyrrole nitrogens is 1. The molecular weight excluding hydrogens is 348 g/mol. The average molecular weight is 374 g/mol. The fraction of sp³-hybridized carbons (Fsp3) is 0.333. The molecule has 1 saturated heterocycles. The molecule has 4 rings (SSSR count). The number of hydrogen-bond donors (Lipinski definition) is 1. The maximum absolute atomic E-state index is 12.6. The first-order valence-electron chi connectivity index (χ1n) is 10.1. The van der Waals surface area contributed by atoms with Crippen molar-refractivity contribution < 1.29 is 9.59 Å². The third-order valence-electron chi connectivity index (χ3n) is 5.79. The number of rotatable bonds is 6. The van der Waals surface area contributed by atoms with Gasteiger partial charge in [-0.05, 0) is 37.3 Å². The van der Waals surface area contributed by atoms with Gasteiger partial charge >= 0.3 is 0 Å². The molecule has 4 nitrogen and oxygen atoms in total. The Labute approximate surface area is 165 Å². The van der Waals surface area contributed by atoms with Crippen molar-refractivity contribution in [2.24, 2.45) is 5.92 Å². The predicted molar refractivity (Wildman–Crippen MR) is 111 cm³/mol. The lowest BCUT2D eigenvalue weighted by molar-refractivity contribution is -0.132. The molecule has 2 heterocycles. The molecule has 0 aliphatic carbocycles. The summed E-state index contributed by atoms with van der Waals surface area (Å²) >= 11 is 0. The van der Waals surface area contributed by atoms with E-state index >= 15 is 0 Å². The molecular formula is C24H26N2O2. The van der Waals surface area contributed by atoms with Crippen molar-refractivity contribution >= 4 is 22.6 Å². The number of para-hydroxylation sites is 1. The first-order valence-corrected chi connectivity index (χ1v) is 10.1. The van der Waals surface area contributed by atoms with Gasteiger partial charge in [0.1, 0.15) is 0 Å². The quantitative estimate of drug-likeness (QED) is 0.641. The van der Waals surface area contributed by atoms with Crippen LogP contribution in [0.25, 0.3) is 10.9 Å². The lowest BCUT2D eigenvalue weighted by Gasteiger charge is -2.31. The third kappa shape index (κ3) is 4.01. The summed E-state index contributed by atoms with van der Waals surface area (Å²) in [6.45, 7) is 1.38. The zero-order valence-corrected chi connectivity index (χ0v) is 16.1. The zero-order valence-electron chi connectivity index (χ0n) is 16.1. The number of benzene rings is 2. The molecule has 1 fully saturated rings. The highest BCUT2D eigenvalue weighted by Gasteiger charge is 2.27. The molecule has 28 heavy (non-hydrogen) atoms. The minimum absolute atomic E-state index is 0.0395. The summed E-state index contributed by atoms with van der Waals surface area (Å²) < 4.78 is 0. The van der Waals surface area contributed by atoms with Gasteiger partial charge in [0.2, 0.25) is 5.91 Å². The molecule has 0 radical (unpaired) electrons. The number of hydrogen-bond acceptors (Lipinski definition) is 2. The van der Waals surface area contributed by atoms with Crippen molar-refractivity contribution in [1.29, 1.82) is 0 Å². The molecule has 1 aliphatic heterocycles. The number of piperidine rings is 1. The lowest BCUT2D eigenvalue weighted by atomic mass is 9.89. The van der Waals surface area contributed by atoms with Crippen LogP contribution in [0.4, 0.5) is 0 Å². The minimum atomic E-state index is 0.0395. The van der Waals surface area contributed by atoms with E-state index in [1.54, 1.807) is 0 Å². The Kier molecular flexibility index (Phi) is 5.56. The lowest BCUT2D eigenvalue weighted by Crippen LogP contribution is -2.40. The van der Waals surface area contributed by atoms with Crippen molar-refractivity contribution in [2.75, 3.05) is 13.1 Å². The number of aromatic amines is 1. The van der Waals surface area contributed by atoms with Gasteiger partial charge in [0.15, 0.2) is 5.78 Å². The summed E-state index contributed by atoms with van der Waals surface area (Å²) in [6.07, 6.45) is 5.90. The predicted octanol–water partition coefficient (Wildman–Crippen LogP) is 4.61. The highest BCUT2D eigenvalue weighted by Crippen LogP contribution is 2.23. The minimum Gasteiger partial charge on any atom is -0.361 e. The fourth-order valence-electron chi connectivity index (χ4n) is 4.16. The second-order valence-electron chi connectivity index (χ2n) is 7.60. The summed E-state index contributed by atoms with van der Waals surface area (Å²) in [5, 5.41) is 1.25. The number of carbonyl (C=O) groups is 2. The van der Waals surface area contributed by atoms with E-state index in [0.717, 1.165) is 36.8 Å². The normalized spacial score (nSPS) is 15.1. The van der Waals surface area contributed by atoms with E-state index in [1.807, 2.05) is 47.4 Å². The first-order chi connectivity index (χ1) is 13.7. The van der Waals surface area contributed by atoms with Crippen LogP contribution >= 0.6 is 0 Å². The molecule has 2 aromatic carbocycles. The number of ketones is 1. The molecule has 0 bridgehead atoms. The van der Waals surface area contributed by atoms with Crippen LogP contribution in [0.3, 0.4) is 0 Å². The summed E-state index contributed by atoms with van der Waals surface area (Å²) in [4.78, 5) is 30.4.